The number of ether oxygens (including phenoxy) is 1. The van der Waals surface area contributed by atoms with Crippen LogP contribution in [0, 0.1) is 6.92 Å². The van der Waals surface area contributed by atoms with Crippen molar-refractivity contribution in [2.75, 3.05) is 7.11 Å². The Bertz CT molecular complexity index is 631. The van der Waals surface area contributed by atoms with Crippen molar-refractivity contribution >= 4 is 11.3 Å². The molecule has 0 bridgehead atoms. The Morgan fingerprint density at radius 1 is 1.42 bits per heavy atom. The van der Waals surface area contributed by atoms with E-state index in [2.05, 4.69) is 23.8 Å². The lowest BCUT2D eigenvalue weighted by molar-refractivity contribution is 0.349. The first-order valence-electron chi connectivity index (χ1n) is 6.08. The third-order valence-corrected chi connectivity index (χ3v) is 3.86. The minimum Gasteiger partial charge on any atom is -0.468 e. The van der Waals surface area contributed by atoms with E-state index < -0.39 is 0 Å². The summed E-state index contributed by atoms with van der Waals surface area (Å²) in [6.07, 6.45) is 0. The zero-order chi connectivity index (χ0) is 14.0. The van der Waals surface area contributed by atoms with Gasteiger partial charge in [-0.25, -0.2) is 9.97 Å². The van der Waals surface area contributed by atoms with Gasteiger partial charge in [0.05, 0.1) is 24.4 Å². The van der Waals surface area contributed by atoms with E-state index in [4.69, 9.17) is 4.74 Å². The van der Waals surface area contributed by atoms with Crippen LogP contribution >= 0.6 is 11.3 Å². The molecule has 0 atom stereocenters. The van der Waals surface area contributed by atoms with Crippen LogP contribution in [0.3, 0.4) is 0 Å². The van der Waals surface area contributed by atoms with Crippen LogP contribution in [0.1, 0.15) is 36.2 Å². The second-order valence-electron chi connectivity index (χ2n) is 4.64. The fourth-order valence-electron chi connectivity index (χ4n) is 1.72. The van der Waals surface area contributed by atoms with Crippen LogP contribution in [0.4, 0.5) is 0 Å². The van der Waals surface area contributed by atoms with Crippen molar-refractivity contribution in [3.05, 3.63) is 38.2 Å². The molecule has 0 radical (unpaired) electrons. The van der Waals surface area contributed by atoms with Crippen LogP contribution in [-0.2, 0) is 6.54 Å². The van der Waals surface area contributed by atoms with Crippen molar-refractivity contribution in [3.63, 3.8) is 0 Å². The highest BCUT2D eigenvalue weighted by molar-refractivity contribution is 7.09. The molecule has 19 heavy (non-hydrogen) atoms. The first-order valence-corrected chi connectivity index (χ1v) is 6.96. The van der Waals surface area contributed by atoms with Crippen molar-refractivity contribution in [1.82, 2.24) is 14.5 Å². The van der Waals surface area contributed by atoms with E-state index in [0.717, 1.165) is 10.7 Å². The summed E-state index contributed by atoms with van der Waals surface area (Å²) in [6, 6.07) is 1.82. The Kier molecular flexibility index (Phi) is 3.99. The number of nitrogens with zero attached hydrogens (tertiary/aromatic N) is 3. The van der Waals surface area contributed by atoms with Crippen LogP contribution < -0.4 is 10.3 Å². The summed E-state index contributed by atoms with van der Waals surface area (Å²) in [7, 11) is 1.51. The molecule has 2 aromatic rings. The van der Waals surface area contributed by atoms with E-state index in [1.807, 2.05) is 5.38 Å². The molecule has 2 heterocycles. The highest BCUT2D eigenvalue weighted by Gasteiger charge is 2.11. The predicted molar refractivity (Wildman–Crippen MR) is 75.1 cm³/mol. The summed E-state index contributed by atoms with van der Waals surface area (Å²) in [5, 5.41) is 3.04. The largest absolute Gasteiger partial charge is 0.468 e. The van der Waals surface area contributed by atoms with Crippen molar-refractivity contribution < 1.29 is 4.74 Å². The van der Waals surface area contributed by atoms with Gasteiger partial charge in [-0.2, -0.15) is 0 Å². The average molecular weight is 279 g/mol. The number of methoxy groups -OCH3 is 1. The minimum absolute atomic E-state index is 0.122. The molecule has 0 aliphatic heterocycles. The molecule has 2 rings (SSSR count). The normalized spacial score (nSPS) is 11.0. The first kappa shape index (κ1) is 13.7. The van der Waals surface area contributed by atoms with Gasteiger partial charge in [-0.1, -0.05) is 13.8 Å². The number of aryl methyl sites for hydroxylation is 1. The summed E-state index contributed by atoms with van der Waals surface area (Å²) in [5.74, 6) is 0.397. The van der Waals surface area contributed by atoms with Crippen LogP contribution in [0.2, 0.25) is 0 Å². The molecule has 0 aliphatic rings. The standard InChI is InChI=1S/C13H17N3O2S/c1-8(2)12-15-10(7-19-12)6-16-11(17)5-9(3)14-13(16)18-4/h5,7-8H,6H2,1-4H3. The quantitative estimate of drug-likeness (QED) is 0.861. The molecule has 0 N–H and O–H groups in total. The minimum atomic E-state index is -0.122. The molecule has 0 saturated carbocycles. The maximum absolute atomic E-state index is 12.0. The van der Waals surface area contributed by atoms with Crippen molar-refractivity contribution in [3.8, 4) is 6.01 Å². The van der Waals surface area contributed by atoms with Gasteiger partial charge in [0.15, 0.2) is 0 Å². The van der Waals surface area contributed by atoms with Gasteiger partial charge in [0.1, 0.15) is 0 Å². The van der Waals surface area contributed by atoms with Crippen LogP contribution in [0.25, 0.3) is 0 Å². The Balaban J connectivity index is 2.34. The Hall–Kier alpha value is -1.69. The fraction of sp³-hybridized carbons (Fsp3) is 0.462. The van der Waals surface area contributed by atoms with Gasteiger partial charge in [-0.3, -0.25) is 9.36 Å². The summed E-state index contributed by atoms with van der Waals surface area (Å²) in [6.45, 7) is 6.36. The van der Waals surface area contributed by atoms with Crippen molar-refractivity contribution in [1.29, 1.82) is 0 Å². The number of hydrogen-bond acceptors (Lipinski definition) is 5. The molecule has 6 heteroatoms. The Morgan fingerprint density at radius 2 is 2.16 bits per heavy atom. The third kappa shape index (κ3) is 3.01. The molecule has 0 aliphatic carbocycles. The van der Waals surface area contributed by atoms with Crippen molar-refractivity contribution in [2.45, 2.75) is 33.2 Å². The Morgan fingerprint density at radius 3 is 2.74 bits per heavy atom. The predicted octanol–water partition coefficient (Wildman–Crippen LogP) is 2.19. The van der Waals surface area contributed by atoms with E-state index in [1.54, 1.807) is 18.3 Å². The highest BCUT2D eigenvalue weighted by Crippen LogP contribution is 2.20. The summed E-state index contributed by atoms with van der Waals surface area (Å²) >= 11 is 1.61. The number of aromatic nitrogens is 3. The maximum atomic E-state index is 12.0. The smallest absolute Gasteiger partial charge is 0.299 e. The molecule has 0 aromatic carbocycles. The molecule has 0 saturated heterocycles. The Labute approximate surface area is 115 Å². The molecule has 0 unspecified atom stereocenters. The zero-order valence-electron chi connectivity index (χ0n) is 11.5. The van der Waals surface area contributed by atoms with Crippen LogP contribution in [-0.4, -0.2) is 21.6 Å². The maximum Gasteiger partial charge on any atom is 0.299 e. The SMILES string of the molecule is COc1nc(C)cc(=O)n1Cc1csc(C(C)C)n1. The van der Waals surface area contributed by atoms with Gasteiger partial charge in [-0.05, 0) is 6.92 Å². The van der Waals surface area contributed by atoms with Crippen LogP contribution in [0.5, 0.6) is 6.01 Å². The molecule has 0 fully saturated rings. The second kappa shape index (κ2) is 5.52. The first-order chi connectivity index (χ1) is 9.01. The number of thiazole rings is 1. The van der Waals surface area contributed by atoms with Gasteiger partial charge in [0, 0.05) is 23.1 Å². The molecule has 0 spiro atoms. The van der Waals surface area contributed by atoms with E-state index in [9.17, 15) is 4.79 Å². The summed E-state index contributed by atoms with van der Waals surface area (Å²) in [5.41, 5.74) is 1.39. The van der Waals surface area contributed by atoms with E-state index in [1.165, 1.54) is 17.7 Å². The lowest BCUT2D eigenvalue weighted by atomic mass is 10.2. The average Bonchev–Trinajstić information content (AvgIpc) is 2.81. The molecule has 5 nitrogen and oxygen atoms in total. The van der Waals surface area contributed by atoms with Gasteiger partial charge in [0.2, 0.25) is 0 Å². The van der Waals surface area contributed by atoms with Gasteiger partial charge in [-0.15, -0.1) is 11.3 Å². The lowest BCUT2D eigenvalue weighted by Gasteiger charge is -2.09. The number of rotatable bonds is 4. The van der Waals surface area contributed by atoms with Gasteiger partial charge < -0.3 is 4.74 Å². The van der Waals surface area contributed by atoms with Crippen molar-refractivity contribution in [2.24, 2.45) is 0 Å². The molecular formula is C13H17N3O2S. The number of hydrogen-bond donors (Lipinski definition) is 0. The zero-order valence-corrected chi connectivity index (χ0v) is 12.3. The van der Waals surface area contributed by atoms with E-state index >= 15 is 0 Å². The summed E-state index contributed by atoms with van der Waals surface area (Å²) in [4.78, 5) is 20.7. The molecule has 2 aromatic heterocycles. The lowest BCUT2D eigenvalue weighted by Crippen LogP contribution is -2.23. The van der Waals surface area contributed by atoms with Crippen LogP contribution in [0.15, 0.2) is 16.2 Å². The van der Waals surface area contributed by atoms with E-state index in [0.29, 0.717) is 24.2 Å². The monoisotopic (exact) mass is 279 g/mol. The fourth-order valence-corrected chi connectivity index (χ4v) is 2.54. The van der Waals surface area contributed by atoms with Gasteiger partial charge in [0.25, 0.3) is 11.6 Å². The second-order valence-corrected chi connectivity index (χ2v) is 5.53. The third-order valence-electron chi connectivity index (χ3n) is 2.67. The molecular weight excluding hydrogens is 262 g/mol. The van der Waals surface area contributed by atoms with Gasteiger partial charge >= 0.3 is 0 Å². The summed E-state index contributed by atoms with van der Waals surface area (Å²) < 4.78 is 6.65. The molecule has 0 amide bonds. The topological polar surface area (TPSA) is 57.0 Å². The van der Waals surface area contributed by atoms with E-state index in [-0.39, 0.29) is 5.56 Å². The highest BCUT2D eigenvalue weighted by atomic mass is 32.1. The molecule has 102 valence electrons.